The van der Waals surface area contributed by atoms with Crippen LogP contribution in [0.1, 0.15) is 30.7 Å². The van der Waals surface area contributed by atoms with Crippen LogP contribution in [-0.4, -0.2) is 37.4 Å². The molecule has 1 saturated heterocycles. The van der Waals surface area contributed by atoms with Crippen LogP contribution in [0.5, 0.6) is 5.75 Å². The zero-order valence-electron chi connectivity index (χ0n) is 12.8. The lowest BCUT2D eigenvalue weighted by atomic mass is 9.90. The molecule has 4 N–H and O–H groups in total. The molecule has 1 fully saturated rings. The van der Waals surface area contributed by atoms with Crippen molar-refractivity contribution in [1.29, 1.82) is 0 Å². The van der Waals surface area contributed by atoms with Crippen molar-refractivity contribution in [3.8, 4) is 5.75 Å². The quantitative estimate of drug-likeness (QED) is 0.486. The topological polar surface area (TPSA) is 111 Å². The number of amides is 3. The molecule has 1 aromatic carbocycles. The third-order valence-electron chi connectivity index (χ3n) is 3.59. The van der Waals surface area contributed by atoms with E-state index >= 15 is 0 Å². The van der Waals surface area contributed by atoms with Crippen LogP contribution in [0.4, 0.5) is 0 Å². The number of hydrogen-bond acceptors (Lipinski definition) is 5. The van der Waals surface area contributed by atoms with Gasteiger partial charge in [-0.15, -0.1) is 0 Å². The molecule has 7 nitrogen and oxygen atoms in total. The van der Waals surface area contributed by atoms with Gasteiger partial charge in [-0.1, -0.05) is 12.1 Å². The van der Waals surface area contributed by atoms with Crippen molar-refractivity contribution in [3.63, 3.8) is 0 Å². The molecular formula is C16H21N3O4. The Morgan fingerprint density at radius 1 is 1.30 bits per heavy atom. The van der Waals surface area contributed by atoms with Crippen LogP contribution in [0.25, 0.3) is 0 Å². The van der Waals surface area contributed by atoms with E-state index in [0.29, 0.717) is 31.7 Å². The molecule has 1 aliphatic rings. The predicted molar refractivity (Wildman–Crippen MR) is 83.7 cm³/mol. The first kappa shape index (κ1) is 17.0. The number of carbonyl (C=O) groups excluding carboxylic acids is 3. The fourth-order valence-electron chi connectivity index (χ4n) is 2.34. The third kappa shape index (κ3) is 5.07. The Balaban J connectivity index is 1.84. The van der Waals surface area contributed by atoms with Crippen molar-refractivity contribution in [2.45, 2.75) is 25.2 Å². The summed E-state index contributed by atoms with van der Waals surface area (Å²) in [7, 11) is 0. The molecule has 2 rings (SSSR count). The predicted octanol–water partition coefficient (Wildman–Crippen LogP) is 0.0506. The van der Waals surface area contributed by atoms with Crippen LogP contribution in [0, 0.1) is 0 Å². The molecule has 1 aliphatic heterocycles. The Bertz CT molecular complexity index is 571. The lowest BCUT2D eigenvalue weighted by molar-refractivity contribution is -0.134. The first-order chi connectivity index (χ1) is 11.1. The van der Waals surface area contributed by atoms with Crippen LogP contribution in [0.15, 0.2) is 24.3 Å². The number of rotatable bonds is 7. The van der Waals surface area contributed by atoms with Crippen LogP contribution >= 0.6 is 0 Å². The molecule has 0 radical (unpaired) electrons. The van der Waals surface area contributed by atoms with Gasteiger partial charge in [0.15, 0.2) is 6.61 Å². The summed E-state index contributed by atoms with van der Waals surface area (Å²) in [6, 6.07) is 6.99. The van der Waals surface area contributed by atoms with Crippen molar-refractivity contribution >= 4 is 17.7 Å². The van der Waals surface area contributed by atoms with E-state index in [4.69, 9.17) is 10.5 Å². The summed E-state index contributed by atoms with van der Waals surface area (Å²) in [6.07, 6.45) is 1.58. The second-order valence-corrected chi connectivity index (χ2v) is 5.35. The Kier molecular flexibility index (Phi) is 6.10. The van der Waals surface area contributed by atoms with Gasteiger partial charge in [0.25, 0.3) is 5.91 Å². The van der Waals surface area contributed by atoms with E-state index in [1.807, 2.05) is 0 Å². The first-order valence-corrected chi connectivity index (χ1v) is 7.63. The maximum absolute atomic E-state index is 11.8. The molecule has 0 aliphatic carbocycles. The molecule has 1 atom stereocenters. The summed E-state index contributed by atoms with van der Waals surface area (Å²) in [6.45, 7) is 0.998. The van der Waals surface area contributed by atoms with E-state index in [0.717, 1.165) is 12.0 Å². The molecule has 1 heterocycles. The Morgan fingerprint density at radius 3 is 2.70 bits per heavy atom. The fraction of sp³-hybridized carbons (Fsp3) is 0.438. The van der Waals surface area contributed by atoms with Gasteiger partial charge in [0.1, 0.15) is 5.75 Å². The molecule has 1 unspecified atom stereocenters. The van der Waals surface area contributed by atoms with Crippen molar-refractivity contribution in [2.75, 3.05) is 19.7 Å². The highest BCUT2D eigenvalue weighted by molar-refractivity contribution is 6.00. The number of benzene rings is 1. The Hall–Kier alpha value is -2.41. The van der Waals surface area contributed by atoms with Crippen LogP contribution in [0.2, 0.25) is 0 Å². The van der Waals surface area contributed by atoms with E-state index in [-0.39, 0.29) is 30.2 Å². The van der Waals surface area contributed by atoms with Crippen LogP contribution in [0.3, 0.4) is 0 Å². The van der Waals surface area contributed by atoms with Crippen molar-refractivity contribution < 1.29 is 19.1 Å². The molecule has 3 amide bonds. The van der Waals surface area contributed by atoms with Gasteiger partial charge in [0, 0.05) is 13.0 Å². The van der Waals surface area contributed by atoms with Gasteiger partial charge in [-0.05, 0) is 37.1 Å². The van der Waals surface area contributed by atoms with Crippen LogP contribution < -0.4 is 21.1 Å². The molecule has 0 aromatic heterocycles. The minimum absolute atomic E-state index is 0.0671. The van der Waals surface area contributed by atoms with Gasteiger partial charge in [0.05, 0.1) is 5.92 Å². The zero-order valence-corrected chi connectivity index (χ0v) is 12.8. The molecule has 1 aromatic rings. The molecule has 0 spiro atoms. The van der Waals surface area contributed by atoms with Gasteiger partial charge in [-0.25, -0.2) is 0 Å². The van der Waals surface area contributed by atoms with Crippen LogP contribution in [-0.2, 0) is 14.4 Å². The highest BCUT2D eigenvalue weighted by Crippen LogP contribution is 2.26. The van der Waals surface area contributed by atoms with Crippen molar-refractivity contribution in [2.24, 2.45) is 5.73 Å². The number of piperidine rings is 1. The number of hydrogen-bond donors (Lipinski definition) is 3. The number of carbonyl (C=O) groups is 3. The molecule has 124 valence electrons. The second kappa shape index (κ2) is 8.28. The minimum Gasteiger partial charge on any atom is -0.484 e. The van der Waals surface area contributed by atoms with Crippen molar-refractivity contribution in [3.05, 3.63) is 29.8 Å². The normalized spacial score (nSPS) is 17.5. The average Bonchev–Trinajstić information content (AvgIpc) is 2.54. The van der Waals surface area contributed by atoms with Gasteiger partial charge < -0.3 is 15.8 Å². The summed E-state index contributed by atoms with van der Waals surface area (Å²) in [5.74, 6) is -0.468. The van der Waals surface area contributed by atoms with Gasteiger partial charge in [-0.3, -0.25) is 19.7 Å². The number of ether oxygens (including phenoxy) is 1. The van der Waals surface area contributed by atoms with Crippen molar-refractivity contribution in [1.82, 2.24) is 10.6 Å². The number of imide groups is 1. The smallest absolute Gasteiger partial charge is 0.257 e. The lowest BCUT2D eigenvalue weighted by Gasteiger charge is -2.21. The van der Waals surface area contributed by atoms with E-state index < -0.39 is 0 Å². The summed E-state index contributed by atoms with van der Waals surface area (Å²) in [5.41, 5.74) is 6.17. The van der Waals surface area contributed by atoms with Gasteiger partial charge in [0.2, 0.25) is 11.8 Å². The minimum atomic E-state index is -0.318. The van der Waals surface area contributed by atoms with E-state index in [1.54, 1.807) is 24.3 Å². The maximum Gasteiger partial charge on any atom is 0.257 e. The first-order valence-electron chi connectivity index (χ1n) is 7.63. The lowest BCUT2D eigenvalue weighted by Crippen LogP contribution is -2.39. The monoisotopic (exact) mass is 319 g/mol. The zero-order chi connectivity index (χ0) is 16.7. The summed E-state index contributed by atoms with van der Waals surface area (Å²) < 4.78 is 5.39. The van der Waals surface area contributed by atoms with Gasteiger partial charge >= 0.3 is 0 Å². The standard InChI is InChI=1S/C16H21N3O4/c17-8-1-9-18-15(21)10-23-12-4-2-11(3-5-12)13-6-7-14(20)19-16(13)22/h2-5,13H,1,6-10,17H2,(H,18,21)(H,19,20,22). The fourth-order valence-corrected chi connectivity index (χ4v) is 2.34. The molecule has 7 heteroatoms. The maximum atomic E-state index is 11.8. The van der Waals surface area contributed by atoms with E-state index in [2.05, 4.69) is 10.6 Å². The molecular weight excluding hydrogens is 298 g/mol. The molecule has 0 bridgehead atoms. The largest absolute Gasteiger partial charge is 0.484 e. The molecule has 0 saturated carbocycles. The summed E-state index contributed by atoms with van der Waals surface area (Å²) >= 11 is 0. The van der Waals surface area contributed by atoms with E-state index in [1.165, 1.54) is 0 Å². The van der Waals surface area contributed by atoms with E-state index in [9.17, 15) is 14.4 Å². The molecule has 23 heavy (non-hydrogen) atoms. The second-order valence-electron chi connectivity index (χ2n) is 5.35. The summed E-state index contributed by atoms with van der Waals surface area (Å²) in [4.78, 5) is 34.5. The number of nitrogens with two attached hydrogens (primary N) is 1. The highest BCUT2D eigenvalue weighted by Gasteiger charge is 2.27. The Morgan fingerprint density at radius 2 is 2.04 bits per heavy atom. The average molecular weight is 319 g/mol. The number of nitrogens with one attached hydrogen (secondary N) is 2. The summed E-state index contributed by atoms with van der Waals surface area (Å²) in [5, 5.41) is 5.03. The SMILES string of the molecule is NCCCNC(=O)COc1ccc(C2CCC(=O)NC2=O)cc1. The highest BCUT2D eigenvalue weighted by atomic mass is 16.5. The van der Waals surface area contributed by atoms with Gasteiger partial charge in [-0.2, -0.15) is 0 Å². The Labute approximate surface area is 134 Å². The third-order valence-corrected chi connectivity index (χ3v) is 3.59.